The van der Waals surface area contributed by atoms with Gasteiger partial charge in [-0.05, 0) is 24.3 Å². The van der Waals surface area contributed by atoms with Crippen molar-refractivity contribution in [1.29, 1.82) is 0 Å². The SMILES string of the molecule is CC(=O)OCC(=O)NC[C@H](c1ccc(N(C)C)cc1)[NH+]1CCN(c2ccccc2)CC1. The third-order valence-electron chi connectivity index (χ3n) is 5.74. The molecule has 3 rings (SSSR count). The number of piperazine rings is 1. The molecule has 31 heavy (non-hydrogen) atoms. The number of benzene rings is 2. The quantitative estimate of drug-likeness (QED) is 0.615. The number of rotatable bonds is 8. The lowest BCUT2D eigenvalue weighted by molar-refractivity contribution is -0.931. The zero-order valence-corrected chi connectivity index (χ0v) is 18.6. The van der Waals surface area contributed by atoms with Crippen molar-refractivity contribution in [2.45, 2.75) is 13.0 Å². The minimum Gasteiger partial charge on any atom is -0.456 e. The van der Waals surface area contributed by atoms with Crippen LogP contribution in [-0.2, 0) is 14.3 Å². The first kappa shape index (κ1) is 22.6. The Balaban J connectivity index is 1.68. The van der Waals surface area contributed by atoms with Gasteiger partial charge >= 0.3 is 5.97 Å². The minimum atomic E-state index is -0.450. The number of amides is 1. The molecule has 1 atom stereocenters. The Hall–Kier alpha value is -3.06. The summed E-state index contributed by atoms with van der Waals surface area (Å²) in [7, 11) is 4.05. The molecule has 2 N–H and O–H groups in total. The van der Waals surface area contributed by atoms with Crippen molar-refractivity contribution in [1.82, 2.24) is 5.32 Å². The Morgan fingerprint density at radius 2 is 1.71 bits per heavy atom. The van der Waals surface area contributed by atoms with Crippen LogP contribution in [-0.4, -0.2) is 65.3 Å². The Morgan fingerprint density at radius 1 is 1.06 bits per heavy atom. The molecule has 1 aliphatic heterocycles. The fourth-order valence-corrected chi connectivity index (χ4v) is 3.98. The van der Waals surface area contributed by atoms with Crippen LogP contribution in [0.15, 0.2) is 54.6 Å². The maximum atomic E-state index is 12.1. The summed E-state index contributed by atoms with van der Waals surface area (Å²) in [4.78, 5) is 29.0. The zero-order valence-electron chi connectivity index (χ0n) is 18.6. The average molecular weight is 426 g/mol. The molecule has 0 aliphatic carbocycles. The molecule has 0 spiro atoms. The van der Waals surface area contributed by atoms with E-state index in [2.05, 4.69) is 63.6 Å². The maximum absolute atomic E-state index is 12.1. The molecule has 0 radical (unpaired) electrons. The highest BCUT2D eigenvalue weighted by Gasteiger charge is 2.29. The van der Waals surface area contributed by atoms with Crippen LogP contribution in [0.1, 0.15) is 18.5 Å². The number of quaternary nitrogens is 1. The van der Waals surface area contributed by atoms with Gasteiger partial charge in [-0.2, -0.15) is 0 Å². The van der Waals surface area contributed by atoms with Crippen LogP contribution >= 0.6 is 0 Å². The number of carbonyl (C=O) groups excluding carboxylic acids is 2. The van der Waals surface area contributed by atoms with E-state index in [1.54, 1.807) is 0 Å². The van der Waals surface area contributed by atoms with Crippen molar-refractivity contribution in [3.8, 4) is 0 Å². The second kappa shape index (κ2) is 10.8. The van der Waals surface area contributed by atoms with Gasteiger partial charge < -0.3 is 24.8 Å². The van der Waals surface area contributed by atoms with Gasteiger partial charge in [0, 0.05) is 38.0 Å². The average Bonchev–Trinajstić information content (AvgIpc) is 2.79. The van der Waals surface area contributed by atoms with E-state index in [9.17, 15) is 9.59 Å². The van der Waals surface area contributed by atoms with Gasteiger partial charge in [0.25, 0.3) is 5.91 Å². The summed E-state index contributed by atoms with van der Waals surface area (Å²) < 4.78 is 4.82. The largest absolute Gasteiger partial charge is 0.456 e. The van der Waals surface area contributed by atoms with E-state index < -0.39 is 5.97 Å². The van der Waals surface area contributed by atoms with Crippen LogP contribution in [0.4, 0.5) is 11.4 Å². The molecular weight excluding hydrogens is 392 g/mol. The normalized spacial score (nSPS) is 15.3. The molecule has 1 amide bonds. The molecule has 1 fully saturated rings. The second-order valence-corrected chi connectivity index (χ2v) is 8.10. The fraction of sp³-hybridized carbons (Fsp3) is 0.417. The Bertz CT molecular complexity index is 847. The molecule has 0 unspecified atom stereocenters. The molecule has 2 aromatic carbocycles. The number of anilines is 2. The van der Waals surface area contributed by atoms with Gasteiger partial charge in [0.05, 0.1) is 32.7 Å². The van der Waals surface area contributed by atoms with E-state index in [1.807, 2.05) is 20.2 Å². The number of esters is 1. The van der Waals surface area contributed by atoms with E-state index in [0.29, 0.717) is 6.54 Å². The summed E-state index contributed by atoms with van der Waals surface area (Å²) in [5, 5.41) is 2.95. The van der Waals surface area contributed by atoms with E-state index >= 15 is 0 Å². The summed E-state index contributed by atoms with van der Waals surface area (Å²) in [5.74, 6) is -0.721. The highest BCUT2D eigenvalue weighted by atomic mass is 16.5. The molecule has 0 aromatic heterocycles. The predicted molar refractivity (Wildman–Crippen MR) is 123 cm³/mol. The number of nitrogens with zero attached hydrogens (tertiary/aromatic N) is 2. The van der Waals surface area contributed by atoms with Crippen molar-refractivity contribution >= 4 is 23.3 Å². The van der Waals surface area contributed by atoms with Crippen LogP contribution in [0.2, 0.25) is 0 Å². The van der Waals surface area contributed by atoms with Crippen LogP contribution in [0.3, 0.4) is 0 Å². The standard InChI is InChI=1S/C24H32N4O3/c1-19(29)31-18-24(30)25-17-23(20-9-11-21(12-10-20)26(2)3)28-15-13-27(14-16-28)22-7-5-4-6-8-22/h4-12,23H,13-18H2,1-3H3,(H,25,30)/p+1/t23-/m1/s1. The molecule has 2 aromatic rings. The number of ether oxygens (including phenoxy) is 1. The first-order valence-corrected chi connectivity index (χ1v) is 10.8. The maximum Gasteiger partial charge on any atom is 0.303 e. The summed E-state index contributed by atoms with van der Waals surface area (Å²) in [6, 6.07) is 19.1. The van der Waals surface area contributed by atoms with Crippen LogP contribution < -0.4 is 20.0 Å². The first-order valence-electron chi connectivity index (χ1n) is 10.8. The van der Waals surface area contributed by atoms with E-state index in [-0.39, 0.29) is 18.6 Å². The molecular formula is C24H33N4O3+. The van der Waals surface area contributed by atoms with Gasteiger partial charge in [0.2, 0.25) is 0 Å². The van der Waals surface area contributed by atoms with Gasteiger partial charge in [0.1, 0.15) is 6.04 Å². The lowest BCUT2D eigenvalue weighted by atomic mass is 10.0. The number of carbonyl (C=O) groups is 2. The number of nitrogens with one attached hydrogen (secondary N) is 2. The number of hydrogen-bond acceptors (Lipinski definition) is 5. The van der Waals surface area contributed by atoms with Crippen molar-refractivity contribution < 1.29 is 19.2 Å². The van der Waals surface area contributed by atoms with Crippen LogP contribution in [0, 0.1) is 0 Å². The zero-order chi connectivity index (χ0) is 22.2. The molecule has 1 heterocycles. The lowest BCUT2D eigenvalue weighted by Crippen LogP contribution is -3.15. The molecule has 0 bridgehead atoms. The highest BCUT2D eigenvalue weighted by Crippen LogP contribution is 2.17. The Morgan fingerprint density at radius 3 is 2.29 bits per heavy atom. The molecule has 7 heteroatoms. The summed E-state index contributed by atoms with van der Waals surface area (Å²) in [6.45, 7) is 5.46. The molecule has 0 saturated carbocycles. The third kappa shape index (κ3) is 6.46. The molecule has 7 nitrogen and oxygen atoms in total. The smallest absolute Gasteiger partial charge is 0.303 e. The van der Waals surface area contributed by atoms with E-state index in [0.717, 1.165) is 31.9 Å². The van der Waals surface area contributed by atoms with Crippen molar-refractivity contribution in [3.63, 3.8) is 0 Å². The Kier molecular flexibility index (Phi) is 7.89. The van der Waals surface area contributed by atoms with Crippen molar-refractivity contribution in [2.75, 3.05) is 63.2 Å². The highest BCUT2D eigenvalue weighted by molar-refractivity contribution is 5.79. The van der Waals surface area contributed by atoms with Crippen LogP contribution in [0.5, 0.6) is 0 Å². The molecule has 1 saturated heterocycles. The van der Waals surface area contributed by atoms with Crippen molar-refractivity contribution in [3.05, 3.63) is 60.2 Å². The topological polar surface area (TPSA) is 66.3 Å². The monoisotopic (exact) mass is 425 g/mol. The minimum absolute atomic E-state index is 0.135. The van der Waals surface area contributed by atoms with E-state index in [4.69, 9.17) is 4.74 Å². The van der Waals surface area contributed by atoms with Gasteiger partial charge in [0.15, 0.2) is 6.61 Å². The number of para-hydroxylation sites is 1. The molecule has 1 aliphatic rings. The first-order chi connectivity index (χ1) is 14.9. The lowest BCUT2D eigenvalue weighted by Gasteiger charge is -2.38. The van der Waals surface area contributed by atoms with Gasteiger partial charge in [-0.3, -0.25) is 9.59 Å². The summed E-state index contributed by atoms with van der Waals surface area (Å²) in [5.41, 5.74) is 3.59. The van der Waals surface area contributed by atoms with Crippen LogP contribution in [0.25, 0.3) is 0 Å². The summed E-state index contributed by atoms with van der Waals surface area (Å²) in [6.07, 6.45) is 0. The van der Waals surface area contributed by atoms with Gasteiger partial charge in [-0.1, -0.05) is 30.3 Å². The Labute approximate surface area is 184 Å². The molecule has 166 valence electrons. The summed E-state index contributed by atoms with van der Waals surface area (Å²) >= 11 is 0. The van der Waals surface area contributed by atoms with E-state index in [1.165, 1.54) is 23.1 Å². The van der Waals surface area contributed by atoms with Gasteiger partial charge in [-0.25, -0.2) is 0 Å². The van der Waals surface area contributed by atoms with Gasteiger partial charge in [-0.15, -0.1) is 0 Å². The third-order valence-corrected chi connectivity index (χ3v) is 5.74. The number of hydrogen-bond donors (Lipinski definition) is 2. The van der Waals surface area contributed by atoms with Crippen molar-refractivity contribution in [2.24, 2.45) is 0 Å². The fourth-order valence-electron chi connectivity index (χ4n) is 3.98. The second-order valence-electron chi connectivity index (χ2n) is 8.10. The predicted octanol–water partition coefficient (Wildman–Crippen LogP) is 0.878.